The molecule has 4 N–H and O–H groups in total. The Bertz CT molecular complexity index is 1930. The highest BCUT2D eigenvalue weighted by atomic mass is 32.2. The quantitative estimate of drug-likeness (QED) is 0.124. The summed E-state index contributed by atoms with van der Waals surface area (Å²) in [5.74, 6) is 1.18. The Kier molecular flexibility index (Phi) is 9.33. The SMILES string of the molecule is COc1cc(Nc2nc3ccccc3nc2NS(=O)(=O)c2cccc(NC(=O)CNc3ccccc3C(C)C)c2)cc(OC)c1. The highest BCUT2D eigenvalue weighted by Crippen LogP contribution is 2.32. The minimum Gasteiger partial charge on any atom is -0.497 e. The van der Waals surface area contributed by atoms with Crippen LogP contribution in [0.5, 0.6) is 11.5 Å². The van der Waals surface area contributed by atoms with Crippen molar-refractivity contribution in [1.29, 1.82) is 0 Å². The number of hydrogen-bond acceptors (Lipinski definition) is 9. The van der Waals surface area contributed by atoms with E-state index in [1.807, 2.05) is 30.3 Å². The Morgan fingerprint density at radius 2 is 1.42 bits per heavy atom. The Morgan fingerprint density at radius 1 is 0.778 bits per heavy atom. The standard InChI is InChI=1S/C33H34N6O5S/c1-21(2)27-12-5-6-13-28(27)34-20-31(40)35-22-10-9-11-26(18-22)45(41,42)39-33-32(37-29-14-7-8-15-30(29)38-33)36-23-16-24(43-3)19-25(17-23)44-4/h5-19,21,34H,20H2,1-4H3,(H,35,40)(H,36,37)(H,38,39). The van der Waals surface area contributed by atoms with Crippen LogP contribution in [0.25, 0.3) is 11.0 Å². The third kappa shape index (κ3) is 7.60. The fourth-order valence-corrected chi connectivity index (χ4v) is 5.70. The summed E-state index contributed by atoms with van der Waals surface area (Å²) >= 11 is 0. The lowest BCUT2D eigenvalue weighted by Crippen LogP contribution is -2.22. The third-order valence-corrected chi connectivity index (χ3v) is 8.20. The predicted octanol–water partition coefficient (Wildman–Crippen LogP) is 6.37. The van der Waals surface area contributed by atoms with E-state index in [1.54, 1.807) is 48.5 Å². The maximum atomic E-state index is 13.6. The minimum atomic E-state index is -4.16. The molecule has 0 unspecified atom stereocenters. The molecule has 5 aromatic rings. The molecule has 11 nitrogen and oxygen atoms in total. The van der Waals surface area contributed by atoms with E-state index >= 15 is 0 Å². The molecule has 12 heteroatoms. The van der Waals surface area contributed by atoms with Crippen LogP contribution in [0.3, 0.4) is 0 Å². The summed E-state index contributed by atoms with van der Waals surface area (Å²) in [5.41, 5.74) is 3.90. The smallest absolute Gasteiger partial charge is 0.263 e. The van der Waals surface area contributed by atoms with Crippen LogP contribution in [0.2, 0.25) is 0 Å². The van der Waals surface area contributed by atoms with E-state index in [1.165, 1.54) is 26.4 Å². The normalized spacial score (nSPS) is 11.2. The van der Waals surface area contributed by atoms with E-state index in [0.29, 0.717) is 33.9 Å². The number of carbonyl (C=O) groups excluding carboxylic acids is 1. The van der Waals surface area contributed by atoms with Gasteiger partial charge in [-0.15, -0.1) is 0 Å². The van der Waals surface area contributed by atoms with Crippen molar-refractivity contribution in [2.45, 2.75) is 24.7 Å². The van der Waals surface area contributed by atoms with E-state index in [9.17, 15) is 13.2 Å². The van der Waals surface area contributed by atoms with Gasteiger partial charge in [-0.25, -0.2) is 18.4 Å². The lowest BCUT2D eigenvalue weighted by Gasteiger charge is -2.16. The second kappa shape index (κ2) is 13.5. The first-order valence-electron chi connectivity index (χ1n) is 14.2. The molecular weight excluding hydrogens is 592 g/mol. The fourth-order valence-electron chi connectivity index (χ4n) is 4.64. The highest BCUT2D eigenvalue weighted by Gasteiger charge is 2.20. The van der Waals surface area contributed by atoms with Gasteiger partial charge < -0.3 is 25.4 Å². The largest absolute Gasteiger partial charge is 0.497 e. The maximum absolute atomic E-state index is 13.6. The van der Waals surface area contributed by atoms with Gasteiger partial charge in [0.2, 0.25) is 5.91 Å². The molecule has 232 valence electrons. The van der Waals surface area contributed by atoms with Crippen LogP contribution in [0.4, 0.5) is 28.7 Å². The molecule has 45 heavy (non-hydrogen) atoms. The van der Waals surface area contributed by atoms with Gasteiger partial charge in [0.15, 0.2) is 11.6 Å². The Morgan fingerprint density at radius 3 is 2.09 bits per heavy atom. The van der Waals surface area contributed by atoms with E-state index in [-0.39, 0.29) is 34.9 Å². The number of amides is 1. The van der Waals surface area contributed by atoms with Crippen LogP contribution < -0.4 is 30.1 Å². The number of methoxy groups -OCH3 is 2. The van der Waals surface area contributed by atoms with Crippen molar-refractivity contribution in [3.63, 3.8) is 0 Å². The van der Waals surface area contributed by atoms with Crippen LogP contribution in [0.1, 0.15) is 25.3 Å². The van der Waals surface area contributed by atoms with Gasteiger partial charge in [-0.05, 0) is 47.9 Å². The number of para-hydroxylation sites is 3. The van der Waals surface area contributed by atoms with E-state index < -0.39 is 10.0 Å². The van der Waals surface area contributed by atoms with Gasteiger partial charge in [-0.3, -0.25) is 9.52 Å². The number of fused-ring (bicyclic) bond motifs is 1. The molecule has 0 bridgehead atoms. The first-order chi connectivity index (χ1) is 21.6. The summed E-state index contributed by atoms with van der Waals surface area (Å²) in [4.78, 5) is 21.9. The molecule has 1 amide bonds. The number of anilines is 5. The first kappa shape index (κ1) is 31.1. The summed E-state index contributed by atoms with van der Waals surface area (Å²) < 4.78 is 40.5. The molecule has 0 aliphatic carbocycles. The van der Waals surface area contributed by atoms with E-state index in [4.69, 9.17) is 9.47 Å². The van der Waals surface area contributed by atoms with Crippen LogP contribution in [-0.2, 0) is 14.8 Å². The zero-order valence-corrected chi connectivity index (χ0v) is 26.1. The van der Waals surface area contributed by atoms with E-state index in [0.717, 1.165) is 11.3 Å². The Labute approximate surface area is 262 Å². The number of ether oxygens (including phenoxy) is 2. The lowest BCUT2D eigenvalue weighted by molar-refractivity contribution is -0.114. The van der Waals surface area contributed by atoms with Crippen molar-refractivity contribution in [3.8, 4) is 11.5 Å². The lowest BCUT2D eigenvalue weighted by atomic mass is 10.0. The van der Waals surface area contributed by atoms with Crippen molar-refractivity contribution >= 4 is 55.7 Å². The topological polar surface area (TPSA) is 144 Å². The van der Waals surface area contributed by atoms with Crippen LogP contribution in [-0.4, -0.2) is 45.1 Å². The summed E-state index contributed by atoms with van der Waals surface area (Å²) in [5, 5.41) is 9.08. The van der Waals surface area contributed by atoms with Gasteiger partial charge in [0, 0.05) is 35.3 Å². The van der Waals surface area contributed by atoms with Crippen molar-refractivity contribution in [1.82, 2.24) is 9.97 Å². The summed E-state index contributed by atoms with van der Waals surface area (Å²) in [7, 11) is -1.09. The van der Waals surface area contributed by atoms with Crippen LogP contribution >= 0.6 is 0 Å². The van der Waals surface area contributed by atoms with Crippen molar-refractivity contribution in [3.05, 3.63) is 96.6 Å². The first-order valence-corrected chi connectivity index (χ1v) is 15.7. The van der Waals surface area contributed by atoms with Crippen LogP contribution in [0.15, 0.2) is 95.9 Å². The highest BCUT2D eigenvalue weighted by molar-refractivity contribution is 7.92. The second-order valence-corrected chi connectivity index (χ2v) is 12.1. The number of sulfonamides is 1. The number of nitrogens with one attached hydrogen (secondary N) is 4. The summed E-state index contributed by atoms with van der Waals surface area (Å²) in [6.45, 7) is 4.17. The number of aromatic nitrogens is 2. The maximum Gasteiger partial charge on any atom is 0.263 e. The van der Waals surface area contributed by atoms with Gasteiger partial charge in [-0.1, -0.05) is 50.2 Å². The Balaban J connectivity index is 1.37. The molecule has 0 aliphatic rings. The number of nitrogens with zero attached hydrogens (tertiary/aromatic N) is 2. The number of benzene rings is 4. The molecule has 4 aromatic carbocycles. The number of carbonyl (C=O) groups is 1. The van der Waals surface area contributed by atoms with Crippen LogP contribution in [0, 0.1) is 0 Å². The third-order valence-electron chi connectivity index (χ3n) is 6.87. The zero-order valence-electron chi connectivity index (χ0n) is 25.3. The molecular formula is C33H34N6O5S. The van der Waals surface area contributed by atoms with Crippen molar-refractivity contribution in [2.24, 2.45) is 0 Å². The molecule has 1 aromatic heterocycles. The molecule has 1 heterocycles. The van der Waals surface area contributed by atoms with Gasteiger partial charge in [0.1, 0.15) is 11.5 Å². The van der Waals surface area contributed by atoms with Gasteiger partial charge in [0.25, 0.3) is 10.0 Å². The fraction of sp³-hybridized carbons (Fsp3) is 0.182. The van der Waals surface area contributed by atoms with E-state index in [2.05, 4.69) is 44.5 Å². The van der Waals surface area contributed by atoms with Gasteiger partial charge in [0.05, 0.1) is 36.7 Å². The predicted molar refractivity (Wildman–Crippen MR) is 177 cm³/mol. The molecule has 5 rings (SSSR count). The minimum absolute atomic E-state index is 0.00965. The number of hydrogen-bond donors (Lipinski definition) is 4. The van der Waals surface area contributed by atoms with Gasteiger partial charge in [-0.2, -0.15) is 0 Å². The summed E-state index contributed by atoms with van der Waals surface area (Å²) in [6, 6.07) is 26.1. The Hall–Kier alpha value is -5.36. The molecule has 0 atom stereocenters. The molecule has 0 radical (unpaired) electrons. The summed E-state index contributed by atoms with van der Waals surface area (Å²) in [6.07, 6.45) is 0. The molecule has 0 saturated carbocycles. The van der Waals surface area contributed by atoms with Gasteiger partial charge >= 0.3 is 0 Å². The molecule has 0 spiro atoms. The average molecular weight is 627 g/mol. The molecule has 0 saturated heterocycles. The van der Waals surface area contributed by atoms with Crippen molar-refractivity contribution in [2.75, 3.05) is 41.4 Å². The zero-order chi connectivity index (χ0) is 32.0. The van der Waals surface area contributed by atoms with Crippen molar-refractivity contribution < 1.29 is 22.7 Å². The second-order valence-electron chi connectivity index (χ2n) is 10.4. The monoisotopic (exact) mass is 626 g/mol. The average Bonchev–Trinajstić information content (AvgIpc) is 3.04. The number of rotatable bonds is 12. The molecule has 0 aliphatic heterocycles. The molecule has 0 fully saturated rings.